The van der Waals surface area contributed by atoms with Crippen molar-refractivity contribution >= 4 is 21.5 Å². The van der Waals surface area contributed by atoms with Crippen molar-refractivity contribution in [1.82, 2.24) is 9.55 Å². The summed E-state index contributed by atoms with van der Waals surface area (Å²) in [7, 11) is -2.34. The minimum atomic E-state index is -3.86. The van der Waals surface area contributed by atoms with Crippen LogP contribution in [0.15, 0.2) is 29.6 Å². The first kappa shape index (κ1) is 13.3. The molecule has 2 aromatic rings. The molecule has 1 aromatic carbocycles. The molecule has 0 aliphatic rings. The van der Waals surface area contributed by atoms with Crippen molar-refractivity contribution in [2.45, 2.75) is 11.9 Å². The van der Waals surface area contributed by atoms with E-state index in [1.54, 1.807) is 6.92 Å². The van der Waals surface area contributed by atoms with Crippen LogP contribution in [0.4, 0.5) is 15.9 Å². The standard InChI is InChI=1S/C11H13FN4O2S/c1-7-5-8(3-4-9(7)12)15-19(17,18)11-10(13)14-6-16(11)2/h3-6,15H,13H2,1-2H3. The Morgan fingerprint density at radius 1 is 1.42 bits per heavy atom. The number of halogens is 1. The summed E-state index contributed by atoms with van der Waals surface area (Å²) in [5.74, 6) is -0.489. The van der Waals surface area contributed by atoms with Gasteiger partial charge >= 0.3 is 0 Å². The van der Waals surface area contributed by atoms with E-state index in [1.807, 2.05) is 0 Å². The van der Waals surface area contributed by atoms with Gasteiger partial charge < -0.3 is 10.3 Å². The highest BCUT2D eigenvalue weighted by atomic mass is 32.2. The minimum Gasteiger partial charge on any atom is -0.381 e. The number of imidazole rings is 1. The molecule has 0 spiro atoms. The Bertz CT molecular complexity index is 705. The quantitative estimate of drug-likeness (QED) is 0.887. The molecule has 1 heterocycles. The highest BCUT2D eigenvalue weighted by Crippen LogP contribution is 2.21. The maximum atomic E-state index is 13.1. The first-order chi connectivity index (χ1) is 8.81. The van der Waals surface area contributed by atoms with Crippen molar-refractivity contribution in [3.63, 3.8) is 0 Å². The fourth-order valence-corrected chi connectivity index (χ4v) is 2.96. The topological polar surface area (TPSA) is 90.0 Å². The van der Waals surface area contributed by atoms with Crippen molar-refractivity contribution in [3.05, 3.63) is 35.9 Å². The van der Waals surface area contributed by atoms with Crippen molar-refractivity contribution in [2.75, 3.05) is 10.5 Å². The number of sulfonamides is 1. The molecule has 0 aliphatic carbocycles. The van der Waals surface area contributed by atoms with E-state index in [4.69, 9.17) is 5.73 Å². The van der Waals surface area contributed by atoms with Crippen LogP contribution in [0.3, 0.4) is 0 Å². The van der Waals surface area contributed by atoms with Crippen LogP contribution in [0, 0.1) is 12.7 Å². The van der Waals surface area contributed by atoms with E-state index in [9.17, 15) is 12.8 Å². The third kappa shape index (κ3) is 2.53. The van der Waals surface area contributed by atoms with Crippen LogP contribution >= 0.6 is 0 Å². The van der Waals surface area contributed by atoms with E-state index in [0.717, 1.165) is 0 Å². The Morgan fingerprint density at radius 2 is 2.11 bits per heavy atom. The van der Waals surface area contributed by atoms with Gasteiger partial charge in [0.1, 0.15) is 5.82 Å². The van der Waals surface area contributed by atoms with Crippen LogP contribution in [-0.2, 0) is 17.1 Å². The molecule has 0 fully saturated rings. The van der Waals surface area contributed by atoms with Crippen molar-refractivity contribution in [2.24, 2.45) is 7.05 Å². The normalized spacial score (nSPS) is 11.5. The average Bonchev–Trinajstić information content (AvgIpc) is 2.64. The second-order valence-electron chi connectivity index (χ2n) is 4.12. The lowest BCUT2D eigenvalue weighted by Gasteiger charge is -2.09. The maximum Gasteiger partial charge on any atom is 0.281 e. The number of benzene rings is 1. The molecular weight excluding hydrogens is 271 g/mol. The van der Waals surface area contributed by atoms with Crippen LogP contribution in [0.5, 0.6) is 0 Å². The van der Waals surface area contributed by atoms with Gasteiger partial charge in [-0.05, 0) is 30.7 Å². The van der Waals surface area contributed by atoms with Gasteiger partial charge in [0.25, 0.3) is 10.0 Å². The molecule has 0 bridgehead atoms. The van der Waals surface area contributed by atoms with Gasteiger partial charge in [-0.3, -0.25) is 4.72 Å². The third-order valence-electron chi connectivity index (χ3n) is 2.57. The molecule has 0 atom stereocenters. The van der Waals surface area contributed by atoms with E-state index < -0.39 is 15.8 Å². The molecule has 8 heteroatoms. The first-order valence-corrected chi connectivity index (χ1v) is 6.85. The summed E-state index contributed by atoms with van der Waals surface area (Å²) < 4.78 is 41.1. The van der Waals surface area contributed by atoms with E-state index in [-0.39, 0.29) is 16.5 Å². The fourth-order valence-electron chi connectivity index (χ4n) is 1.68. The number of hydrogen-bond donors (Lipinski definition) is 2. The van der Waals surface area contributed by atoms with Gasteiger partial charge in [-0.25, -0.2) is 9.37 Å². The fraction of sp³-hybridized carbons (Fsp3) is 0.182. The highest BCUT2D eigenvalue weighted by molar-refractivity contribution is 7.92. The average molecular weight is 284 g/mol. The largest absolute Gasteiger partial charge is 0.381 e. The lowest BCUT2D eigenvalue weighted by atomic mass is 10.2. The lowest BCUT2D eigenvalue weighted by Crippen LogP contribution is -2.17. The van der Waals surface area contributed by atoms with Gasteiger partial charge in [-0.15, -0.1) is 0 Å². The summed E-state index contributed by atoms with van der Waals surface area (Å²) >= 11 is 0. The molecular formula is C11H13FN4O2S. The van der Waals surface area contributed by atoms with Crippen molar-refractivity contribution in [3.8, 4) is 0 Å². The highest BCUT2D eigenvalue weighted by Gasteiger charge is 2.22. The van der Waals surface area contributed by atoms with E-state index >= 15 is 0 Å². The molecule has 0 unspecified atom stereocenters. The minimum absolute atomic E-state index is 0.0890. The second-order valence-corrected chi connectivity index (χ2v) is 5.71. The Balaban J connectivity index is 2.39. The molecule has 1 aromatic heterocycles. The summed E-state index contributed by atoms with van der Waals surface area (Å²) in [6.45, 7) is 1.55. The smallest absolute Gasteiger partial charge is 0.281 e. The van der Waals surface area contributed by atoms with Crippen LogP contribution in [-0.4, -0.2) is 18.0 Å². The van der Waals surface area contributed by atoms with Crippen molar-refractivity contribution < 1.29 is 12.8 Å². The zero-order valence-corrected chi connectivity index (χ0v) is 11.2. The van der Waals surface area contributed by atoms with E-state index in [0.29, 0.717) is 5.56 Å². The molecule has 6 nitrogen and oxygen atoms in total. The Labute approximate surface area is 110 Å². The number of nitrogens with zero attached hydrogens (tertiary/aromatic N) is 2. The molecule has 0 aliphatic heterocycles. The lowest BCUT2D eigenvalue weighted by molar-refractivity contribution is 0.591. The third-order valence-corrected chi connectivity index (χ3v) is 4.08. The summed E-state index contributed by atoms with van der Waals surface area (Å²) in [6.07, 6.45) is 1.31. The SMILES string of the molecule is Cc1cc(NS(=O)(=O)c2c(N)ncn2C)ccc1F. The van der Waals surface area contributed by atoms with Gasteiger partial charge in [-0.1, -0.05) is 0 Å². The van der Waals surface area contributed by atoms with Gasteiger partial charge in [0.2, 0.25) is 0 Å². The molecule has 19 heavy (non-hydrogen) atoms. The molecule has 0 saturated carbocycles. The predicted octanol–water partition coefficient (Wildman–Crippen LogP) is 1.25. The van der Waals surface area contributed by atoms with Crippen molar-refractivity contribution in [1.29, 1.82) is 0 Å². The maximum absolute atomic E-state index is 13.1. The number of nitrogen functional groups attached to an aromatic ring is 1. The molecule has 0 amide bonds. The number of hydrogen-bond acceptors (Lipinski definition) is 4. The summed E-state index contributed by atoms with van der Waals surface area (Å²) in [5.41, 5.74) is 6.13. The predicted molar refractivity (Wildman–Crippen MR) is 69.6 cm³/mol. The molecule has 102 valence electrons. The monoisotopic (exact) mass is 284 g/mol. The zero-order valence-electron chi connectivity index (χ0n) is 10.4. The Morgan fingerprint density at radius 3 is 2.63 bits per heavy atom. The van der Waals surface area contributed by atoms with Gasteiger partial charge in [0.05, 0.1) is 6.33 Å². The van der Waals surface area contributed by atoms with Gasteiger partial charge in [0.15, 0.2) is 10.8 Å². The van der Waals surface area contributed by atoms with Crippen LogP contribution in [0.25, 0.3) is 0 Å². The van der Waals surface area contributed by atoms with Crippen LogP contribution in [0.1, 0.15) is 5.56 Å². The number of rotatable bonds is 3. The number of nitrogens with one attached hydrogen (secondary N) is 1. The van der Waals surface area contributed by atoms with Crippen LogP contribution < -0.4 is 10.5 Å². The molecule has 2 rings (SSSR count). The molecule has 0 saturated heterocycles. The number of anilines is 2. The van der Waals surface area contributed by atoms with Crippen LogP contribution in [0.2, 0.25) is 0 Å². The number of nitrogens with two attached hydrogens (primary N) is 1. The molecule has 0 radical (unpaired) electrons. The summed E-state index contributed by atoms with van der Waals surface area (Å²) in [4.78, 5) is 3.72. The molecule has 3 N–H and O–H groups in total. The van der Waals surface area contributed by atoms with Gasteiger partial charge in [0, 0.05) is 12.7 Å². The zero-order chi connectivity index (χ0) is 14.2. The first-order valence-electron chi connectivity index (χ1n) is 5.37. The Kier molecular flexibility index (Phi) is 3.19. The van der Waals surface area contributed by atoms with E-state index in [2.05, 4.69) is 9.71 Å². The number of aryl methyl sites for hydroxylation is 2. The summed E-state index contributed by atoms with van der Waals surface area (Å²) in [5, 5.41) is -0.130. The number of aromatic nitrogens is 2. The second kappa shape index (κ2) is 4.54. The van der Waals surface area contributed by atoms with Gasteiger partial charge in [-0.2, -0.15) is 8.42 Å². The summed E-state index contributed by atoms with van der Waals surface area (Å²) in [6, 6.07) is 3.94. The Hall–Kier alpha value is -2.09. The van der Waals surface area contributed by atoms with E-state index in [1.165, 1.54) is 36.1 Å².